The zero-order valence-corrected chi connectivity index (χ0v) is 18.5. The molecule has 5 nitrogen and oxygen atoms in total. The van der Waals surface area contributed by atoms with Gasteiger partial charge in [-0.3, -0.25) is 9.59 Å². The number of likely N-dealkylation sites (tertiary alicyclic amines) is 1. The SMILES string of the molecule is Cl.O=C(C1CC12CCNCC2)N1CCC(C(=O)N(Cc2ccccc2)C2CC2)CC1. The lowest BCUT2D eigenvalue weighted by Crippen LogP contribution is -2.46. The van der Waals surface area contributed by atoms with Crippen molar-refractivity contribution >= 4 is 24.2 Å². The van der Waals surface area contributed by atoms with Gasteiger partial charge in [0.15, 0.2) is 0 Å². The van der Waals surface area contributed by atoms with Crippen LogP contribution in [0.2, 0.25) is 0 Å². The number of piperidine rings is 2. The average molecular weight is 432 g/mol. The lowest BCUT2D eigenvalue weighted by atomic mass is 9.90. The van der Waals surface area contributed by atoms with Gasteiger partial charge in [0.2, 0.25) is 11.8 Å². The van der Waals surface area contributed by atoms with Gasteiger partial charge in [-0.2, -0.15) is 0 Å². The molecule has 1 atom stereocenters. The van der Waals surface area contributed by atoms with Crippen LogP contribution in [0.5, 0.6) is 0 Å². The first-order valence-corrected chi connectivity index (χ1v) is 11.5. The van der Waals surface area contributed by atoms with Gasteiger partial charge in [0.1, 0.15) is 0 Å². The Kier molecular flexibility index (Phi) is 6.40. The third-order valence-corrected chi connectivity index (χ3v) is 7.71. The van der Waals surface area contributed by atoms with Crippen molar-refractivity contribution in [1.82, 2.24) is 15.1 Å². The lowest BCUT2D eigenvalue weighted by molar-refractivity contribution is -0.142. The molecule has 5 rings (SSSR count). The zero-order valence-electron chi connectivity index (χ0n) is 17.7. The van der Waals surface area contributed by atoms with E-state index >= 15 is 0 Å². The van der Waals surface area contributed by atoms with Gasteiger partial charge in [-0.05, 0) is 69.0 Å². The fourth-order valence-electron chi connectivity index (χ4n) is 5.53. The monoisotopic (exact) mass is 431 g/mol. The summed E-state index contributed by atoms with van der Waals surface area (Å²) in [5.74, 6) is 0.999. The van der Waals surface area contributed by atoms with E-state index in [-0.39, 0.29) is 24.2 Å². The Hall–Kier alpha value is -1.59. The third kappa shape index (κ3) is 4.38. The van der Waals surface area contributed by atoms with E-state index < -0.39 is 0 Å². The van der Waals surface area contributed by atoms with Gasteiger partial charge < -0.3 is 15.1 Å². The second-order valence-corrected chi connectivity index (χ2v) is 9.65. The number of carbonyl (C=O) groups excluding carboxylic acids is 2. The fourth-order valence-corrected chi connectivity index (χ4v) is 5.53. The van der Waals surface area contributed by atoms with Crippen molar-refractivity contribution in [3.05, 3.63) is 35.9 Å². The molecule has 1 spiro atoms. The van der Waals surface area contributed by atoms with Crippen molar-refractivity contribution in [3.63, 3.8) is 0 Å². The summed E-state index contributed by atoms with van der Waals surface area (Å²) in [6, 6.07) is 10.7. The van der Waals surface area contributed by atoms with Gasteiger partial charge in [-0.25, -0.2) is 0 Å². The molecule has 30 heavy (non-hydrogen) atoms. The maximum Gasteiger partial charge on any atom is 0.226 e. The lowest BCUT2D eigenvalue weighted by Gasteiger charge is -2.35. The number of nitrogens with one attached hydrogen (secondary N) is 1. The number of halogens is 1. The van der Waals surface area contributed by atoms with Gasteiger partial charge >= 0.3 is 0 Å². The van der Waals surface area contributed by atoms with Gasteiger partial charge in [0, 0.05) is 37.5 Å². The van der Waals surface area contributed by atoms with E-state index in [1.165, 1.54) is 5.56 Å². The summed E-state index contributed by atoms with van der Waals surface area (Å²) in [7, 11) is 0. The Morgan fingerprint density at radius 1 is 1.03 bits per heavy atom. The first-order valence-electron chi connectivity index (χ1n) is 11.5. The van der Waals surface area contributed by atoms with E-state index in [1.54, 1.807) is 0 Å². The highest BCUT2D eigenvalue weighted by atomic mass is 35.5. The van der Waals surface area contributed by atoms with Crippen molar-refractivity contribution < 1.29 is 9.59 Å². The molecule has 2 amide bonds. The van der Waals surface area contributed by atoms with Crippen LogP contribution in [0.3, 0.4) is 0 Å². The van der Waals surface area contributed by atoms with Crippen LogP contribution >= 0.6 is 12.4 Å². The van der Waals surface area contributed by atoms with Crippen LogP contribution in [-0.2, 0) is 16.1 Å². The van der Waals surface area contributed by atoms with Crippen LogP contribution in [-0.4, -0.2) is 53.8 Å². The van der Waals surface area contributed by atoms with Crippen molar-refractivity contribution in [1.29, 1.82) is 0 Å². The Bertz CT molecular complexity index is 753. The minimum atomic E-state index is 0. The number of amides is 2. The number of hydrogen-bond donors (Lipinski definition) is 1. The number of rotatable bonds is 5. The summed E-state index contributed by atoms with van der Waals surface area (Å²) in [6.45, 7) is 4.34. The summed E-state index contributed by atoms with van der Waals surface area (Å²) in [5, 5.41) is 3.41. The molecular weight excluding hydrogens is 398 g/mol. The topological polar surface area (TPSA) is 52.7 Å². The highest BCUT2D eigenvalue weighted by molar-refractivity contribution is 5.85. The molecule has 2 heterocycles. The van der Waals surface area contributed by atoms with E-state index in [1.807, 2.05) is 18.2 Å². The van der Waals surface area contributed by atoms with Gasteiger partial charge in [-0.15, -0.1) is 12.4 Å². The van der Waals surface area contributed by atoms with Gasteiger partial charge in [-0.1, -0.05) is 30.3 Å². The maximum absolute atomic E-state index is 13.3. The molecule has 1 aromatic carbocycles. The molecule has 2 aliphatic carbocycles. The van der Waals surface area contributed by atoms with E-state index in [0.29, 0.717) is 23.3 Å². The van der Waals surface area contributed by atoms with Crippen molar-refractivity contribution in [2.75, 3.05) is 26.2 Å². The number of carbonyl (C=O) groups is 2. The normalized spacial score (nSPS) is 25.5. The minimum absolute atomic E-state index is 0. The predicted molar refractivity (Wildman–Crippen MR) is 119 cm³/mol. The van der Waals surface area contributed by atoms with Crippen LogP contribution in [0.1, 0.15) is 50.5 Å². The van der Waals surface area contributed by atoms with E-state index in [4.69, 9.17) is 0 Å². The highest BCUT2D eigenvalue weighted by Crippen LogP contribution is 2.59. The minimum Gasteiger partial charge on any atom is -0.342 e. The summed E-state index contributed by atoms with van der Waals surface area (Å²) in [5.41, 5.74) is 1.51. The van der Waals surface area contributed by atoms with E-state index in [9.17, 15) is 9.59 Å². The molecule has 0 aromatic heterocycles. The smallest absolute Gasteiger partial charge is 0.226 e. The van der Waals surface area contributed by atoms with Crippen LogP contribution in [0.15, 0.2) is 30.3 Å². The van der Waals surface area contributed by atoms with Crippen molar-refractivity contribution in [2.24, 2.45) is 17.3 Å². The zero-order chi connectivity index (χ0) is 19.8. The molecule has 1 unspecified atom stereocenters. The summed E-state index contributed by atoms with van der Waals surface area (Å²) >= 11 is 0. The van der Waals surface area contributed by atoms with Crippen LogP contribution in [0, 0.1) is 17.3 Å². The van der Waals surface area contributed by atoms with Crippen LogP contribution in [0.4, 0.5) is 0 Å². The molecule has 1 aromatic rings. The van der Waals surface area contributed by atoms with E-state index in [0.717, 1.165) is 77.7 Å². The molecule has 4 fully saturated rings. The molecule has 4 aliphatic rings. The number of hydrogen-bond acceptors (Lipinski definition) is 3. The molecule has 2 saturated carbocycles. The quantitative estimate of drug-likeness (QED) is 0.778. The average Bonchev–Trinajstić information content (AvgIpc) is 3.70. The Morgan fingerprint density at radius 3 is 2.33 bits per heavy atom. The molecule has 2 saturated heterocycles. The summed E-state index contributed by atoms with van der Waals surface area (Å²) in [4.78, 5) is 30.5. The number of nitrogens with zero attached hydrogens (tertiary/aromatic N) is 2. The maximum atomic E-state index is 13.3. The predicted octanol–water partition coefficient (Wildman–Crippen LogP) is 3.23. The summed E-state index contributed by atoms with van der Waals surface area (Å²) in [6.07, 6.45) is 7.29. The molecule has 6 heteroatoms. The first kappa shape index (κ1) is 21.6. The van der Waals surface area contributed by atoms with Crippen LogP contribution in [0.25, 0.3) is 0 Å². The van der Waals surface area contributed by atoms with Crippen molar-refractivity contribution in [3.8, 4) is 0 Å². The van der Waals surface area contributed by atoms with Crippen LogP contribution < -0.4 is 5.32 Å². The molecule has 1 N–H and O–H groups in total. The fraction of sp³-hybridized carbons (Fsp3) is 0.667. The molecular formula is C24H34ClN3O2. The van der Waals surface area contributed by atoms with E-state index in [2.05, 4.69) is 27.2 Å². The third-order valence-electron chi connectivity index (χ3n) is 7.71. The van der Waals surface area contributed by atoms with Gasteiger partial charge in [0.25, 0.3) is 0 Å². The summed E-state index contributed by atoms with van der Waals surface area (Å²) < 4.78 is 0. The van der Waals surface area contributed by atoms with Crippen molar-refractivity contribution in [2.45, 2.75) is 57.5 Å². The molecule has 164 valence electrons. The molecule has 0 radical (unpaired) electrons. The first-order chi connectivity index (χ1) is 14.2. The second-order valence-electron chi connectivity index (χ2n) is 9.65. The standard InChI is InChI=1S/C24H33N3O2.ClH/c28-22(27(20-6-7-20)17-18-4-2-1-3-5-18)19-8-14-26(15-9-19)23(29)21-16-24(21)10-12-25-13-11-24;/h1-5,19-21,25H,6-17H2;1H. The van der Waals surface area contributed by atoms with Gasteiger partial charge in [0.05, 0.1) is 0 Å². The second kappa shape index (κ2) is 8.88. The highest BCUT2D eigenvalue weighted by Gasteiger charge is 2.58. The largest absolute Gasteiger partial charge is 0.342 e. The number of benzene rings is 1. The Morgan fingerprint density at radius 2 is 1.70 bits per heavy atom. The Balaban J connectivity index is 0.00000218. The molecule has 0 bridgehead atoms. The Labute approximate surface area is 186 Å². The molecule has 2 aliphatic heterocycles.